The normalized spacial score (nSPS) is 21.0. The topological polar surface area (TPSA) is 57.6 Å². The molecule has 2 atom stereocenters. The monoisotopic (exact) mass is 255 g/mol. The van der Waals surface area contributed by atoms with Crippen molar-refractivity contribution in [3.05, 3.63) is 0 Å². The van der Waals surface area contributed by atoms with Crippen LogP contribution in [-0.4, -0.2) is 35.0 Å². The second-order valence-electron chi connectivity index (χ2n) is 5.41. The van der Waals surface area contributed by atoms with Gasteiger partial charge in [-0.05, 0) is 25.2 Å². The van der Waals surface area contributed by atoms with Crippen LogP contribution in [0, 0.1) is 11.8 Å². The van der Waals surface area contributed by atoms with Gasteiger partial charge in [-0.2, -0.15) is 0 Å². The second kappa shape index (κ2) is 7.39. The van der Waals surface area contributed by atoms with Gasteiger partial charge in [0.1, 0.15) is 0 Å². The molecule has 0 aromatic heterocycles. The van der Waals surface area contributed by atoms with Crippen molar-refractivity contribution in [3.8, 4) is 0 Å². The van der Waals surface area contributed by atoms with Crippen molar-refractivity contribution in [1.82, 2.24) is 4.90 Å². The van der Waals surface area contributed by atoms with Crippen LogP contribution in [0.15, 0.2) is 0 Å². The summed E-state index contributed by atoms with van der Waals surface area (Å²) < 4.78 is 0. The van der Waals surface area contributed by atoms with Gasteiger partial charge >= 0.3 is 5.97 Å². The molecule has 0 bridgehead atoms. The van der Waals surface area contributed by atoms with E-state index in [1.165, 1.54) is 0 Å². The highest BCUT2D eigenvalue weighted by Gasteiger charge is 2.28. The van der Waals surface area contributed by atoms with Gasteiger partial charge in [-0.15, -0.1) is 0 Å². The average Bonchev–Trinajstić information content (AvgIpc) is 2.81. The summed E-state index contributed by atoms with van der Waals surface area (Å²) in [5, 5.41) is 8.65. The van der Waals surface area contributed by atoms with E-state index in [-0.39, 0.29) is 18.2 Å². The van der Waals surface area contributed by atoms with E-state index in [4.69, 9.17) is 5.11 Å². The first-order valence-electron chi connectivity index (χ1n) is 7.05. The molecule has 0 aromatic carbocycles. The van der Waals surface area contributed by atoms with Crippen LogP contribution in [0.3, 0.4) is 0 Å². The van der Waals surface area contributed by atoms with Gasteiger partial charge in [0.05, 0.1) is 0 Å². The fourth-order valence-electron chi connectivity index (χ4n) is 2.54. The minimum Gasteiger partial charge on any atom is -0.481 e. The van der Waals surface area contributed by atoms with Crippen LogP contribution in [0.5, 0.6) is 0 Å². The first-order chi connectivity index (χ1) is 8.54. The number of hydrogen-bond acceptors (Lipinski definition) is 2. The van der Waals surface area contributed by atoms with Crippen molar-refractivity contribution >= 4 is 11.9 Å². The predicted molar refractivity (Wildman–Crippen MR) is 70.2 cm³/mol. The Morgan fingerprint density at radius 3 is 2.78 bits per heavy atom. The van der Waals surface area contributed by atoms with E-state index in [0.717, 1.165) is 38.8 Å². The number of likely N-dealkylation sites (tertiary alicyclic amines) is 1. The molecule has 1 saturated heterocycles. The number of carbonyl (C=O) groups excluding carboxylic acids is 1. The van der Waals surface area contributed by atoms with Crippen molar-refractivity contribution in [2.24, 2.45) is 11.8 Å². The SMILES string of the molecule is CCCCC(C)C(=O)N1CCC(CCC(=O)O)C1. The lowest BCUT2D eigenvalue weighted by atomic mass is 10.0. The van der Waals surface area contributed by atoms with Crippen LogP contribution >= 0.6 is 0 Å². The summed E-state index contributed by atoms with van der Waals surface area (Å²) in [6.45, 7) is 5.69. The molecule has 4 nitrogen and oxygen atoms in total. The molecule has 1 N–H and O–H groups in total. The van der Waals surface area contributed by atoms with Gasteiger partial charge in [0.25, 0.3) is 0 Å². The van der Waals surface area contributed by atoms with Crippen LogP contribution in [0.2, 0.25) is 0 Å². The summed E-state index contributed by atoms with van der Waals surface area (Å²) in [5.41, 5.74) is 0. The van der Waals surface area contributed by atoms with Crippen LogP contribution in [0.4, 0.5) is 0 Å². The maximum absolute atomic E-state index is 12.1. The molecule has 4 heteroatoms. The number of carboxylic acid groups (broad SMARTS) is 1. The number of carbonyl (C=O) groups is 2. The molecule has 1 amide bonds. The molecule has 1 fully saturated rings. The van der Waals surface area contributed by atoms with Crippen molar-refractivity contribution in [2.45, 2.75) is 52.4 Å². The van der Waals surface area contributed by atoms with Crippen LogP contribution in [-0.2, 0) is 9.59 Å². The Morgan fingerprint density at radius 1 is 1.44 bits per heavy atom. The first-order valence-corrected chi connectivity index (χ1v) is 7.05. The molecule has 0 saturated carbocycles. The van der Waals surface area contributed by atoms with E-state index >= 15 is 0 Å². The van der Waals surface area contributed by atoms with Crippen LogP contribution < -0.4 is 0 Å². The molecule has 1 heterocycles. The number of aliphatic carboxylic acids is 1. The average molecular weight is 255 g/mol. The molecule has 2 unspecified atom stereocenters. The smallest absolute Gasteiger partial charge is 0.303 e. The van der Waals surface area contributed by atoms with E-state index in [1.807, 2.05) is 11.8 Å². The molecule has 0 aromatic rings. The standard InChI is InChI=1S/C14H25NO3/c1-3-4-5-11(2)14(18)15-9-8-12(10-15)6-7-13(16)17/h11-12H,3-10H2,1-2H3,(H,16,17). The molecule has 1 aliphatic heterocycles. The summed E-state index contributed by atoms with van der Waals surface area (Å²) in [6, 6.07) is 0. The Balaban J connectivity index is 2.31. The maximum atomic E-state index is 12.1. The lowest BCUT2D eigenvalue weighted by Gasteiger charge is -2.21. The fourth-order valence-corrected chi connectivity index (χ4v) is 2.54. The number of hydrogen-bond donors (Lipinski definition) is 1. The molecule has 104 valence electrons. The Morgan fingerprint density at radius 2 is 2.17 bits per heavy atom. The van der Waals surface area contributed by atoms with E-state index in [9.17, 15) is 9.59 Å². The summed E-state index contributed by atoms with van der Waals surface area (Å²) in [7, 11) is 0. The highest BCUT2D eigenvalue weighted by Crippen LogP contribution is 2.23. The third kappa shape index (κ3) is 4.67. The van der Waals surface area contributed by atoms with E-state index in [1.54, 1.807) is 0 Å². The van der Waals surface area contributed by atoms with Gasteiger partial charge in [-0.25, -0.2) is 0 Å². The predicted octanol–water partition coefficient (Wildman–Crippen LogP) is 2.53. The molecule has 0 spiro atoms. The van der Waals surface area contributed by atoms with Gasteiger partial charge in [0.15, 0.2) is 0 Å². The largest absolute Gasteiger partial charge is 0.481 e. The van der Waals surface area contributed by atoms with E-state index in [2.05, 4.69) is 6.92 Å². The third-order valence-electron chi connectivity index (χ3n) is 3.78. The summed E-state index contributed by atoms with van der Waals surface area (Å²) in [5.74, 6) is 0.00367. The van der Waals surface area contributed by atoms with Crippen molar-refractivity contribution in [3.63, 3.8) is 0 Å². The molecule has 0 aliphatic carbocycles. The number of unbranched alkanes of at least 4 members (excludes halogenated alkanes) is 1. The van der Waals surface area contributed by atoms with Gasteiger partial charge < -0.3 is 10.0 Å². The zero-order chi connectivity index (χ0) is 13.5. The minimum atomic E-state index is -0.740. The highest BCUT2D eigenvalue weighted by molar-refractivity contribution is 5.78. The number of amides is 1. The third-order valence-corrected chi connectivity index (χ3v) is 3.78. The number of carboxylic acids is 1. The Bertz CT molecular complexity index is 291. The van der Waals surface area contributed by atoms with E-state index in [0.29, 0.717) is 12.3 Å². The van der Waals surface area contributed by atoms with Gasteiger partial charge in [0.2, 0.25) is 5.91 Å². The zero-order valence-electron chi connectivity index (χ0n) is 11.5. The van der Waals surface area contributed by atoms with Gasteiger partial charge in [-0.3, -0.25) is 9.59 Å². The second-order valence-corrected chi connectivity index (χ2v) is 5.41. The molecule has 1 rings (SSSR count). The van der Waals surface area contributed by atoms with Gasteiger partial charge in [-0.1, -0.05) is 26.7 Å². The molecule has 1 aliphatic rings. The number of rotatable bonds is 7. The van der Waals surface area contributed by atoms with Crippen LogP contribution in [0.25, 0.3) is 0 Å². The molecule has 0 radical (unpaired) electrons. The Hall–Kier alpha value is -1.06. The zero-order valence-corrected chi connectivity index (χ0v) is 11.5. The maximum Gasteiger partial charge on any atom is 0.303 e. The summed E-state index contributed by atoms with van der Waals surface area (Å²) >= 11 is 0. The lowest BCUT2D eigenvalue weighted by Crippen LogP contribution is -2.33. The first kappa shape index (κ1) is 15.0. The van der Waals surface area contributed by atoms with E-state index < -0.39 is 5.97 Å². The van der Waals surface area contributed by atoms with Crippen LogP contribution in [0.1, 0.15) is 52.4 Å². The molecular weight excluding hydrogens is 230 g/mol. The quantitative estimate of drug-likeness (QED) is 0.760. The Labute approximate surface area is 109 Å². The fraction of sp³-hybridized carbons (Fsp3) is 0.857. The number of nitrogens with zero attached hydrogens (tertiary/aromatic N) is 1. The minimum absolute atomic E-state index is 0.114. The lowest BCUT2D eigenvalue weighted by molar-refractivity contribution is -0.137. The van der Waals surface area contributed by atoms with Crippen molar-refractivity contribution in [2.75, 3.05) is 13.1 Å². The van der Waals surface area contributed by atoms with Gasteiger partial charge in [0, 0.05) is 25.4 Å². The van der Waals surface area contributed by atoms with Crippen molar-refractivity contribution in [1.29, 1.82) is 0 Å². The Kier molecular flexibility index (Phi) is 6.16. The summed E-state index contributed by atoms with van der Waals surface area (Å²) in [6.07, 6.45) is 5.06. The highest BCUT2D eigenvalue weighted by atomic mass is 16.4. The molecule has 18 heavy (non-hydrogen) atoms. The van der Waals surface area contributed by atoms with Crippen molar-refractivity contribution < 1.29 is 14.7 Å². The summed E-state index contributed by atoms with van der Waals surface area (Å²) in [4.78, 5) is 24.6. The molecular formula is C14H25NO3.